The molecule has 5 heteroatoms. The molecule has 0 saturated heterocycles. The largest absolute Gasteiger partial charge is 0.496 e. The smallest absolute Gasteiger partial charge is 0.257 e. The number of aliphatic hydroxyl groups is 1. The van der Waals surface area contributed by atoms with E-state index in [1.165, 1.54) is 7.11 Å². The van der Waals surface area contributed by atoms with Crippen molar-refractivity contribution in [1.29, 1.82) is 0 Å². The van der Waals surface area contributed by atoms with Crippen molar-refractivity contribution in [3.8, 4) is 5.75 Å². The molecule has 1 unspecified atom stereocenters. The third kappa shape index (κ3) is 3.86. The Bertz CT molecular complexity index is 433. The highest BCUT2D eigenvalue weighted by molar-refractivity contribution is 6.02. The number of nitrogens with one attached hydrogen (secondary N) is 1. The lowest BCUT2D eigenvalue weighted by atomic mass is 10.0. The predicted molar refractivity (Wildman–Crippen MR) is 75.2 cm³/mol. The molecule has 0 spiro atoms. The standard InChI is InChI=1S/C14H22N2O3/c1-9(2)11(7-8-17)16-14(18)13-10(15)5-4-6-12(13)19-3/h4-6,9,11,17H,7-8,15H2,1-3H3,(H,16,18). The summed E-state index contributed by atoms with van der Waals surface area (Å²) in [5.41, 5.74) is 6.55. The van der Waals surface area contributed by atoms with Gasteiger partial charge in [-0.1, -0.05) is 19.9 Å². The van der Waals surface area contributed by atoms with Gasteiger partial charge in [0.25, 0.3) is 5.91 Å². The zero-order valence-electron chi connectivity index (χ0n) is 11.6. The van der Waals surface area contributed by atoms with Crippen molar-refractivity contribution >= 4 is 11.6 Å². The Balaban J connectivity index is 2.94. The van der Waals surface area contributed by atoms with Gasteiger partial charge in [-0.3, -0.25) is 4.79 Å². The number of aliphatic hydroxyl groups excluding tert-OH is 1. The minimum absolute atomic E-state index is 0.0323. The highest BCUT2D eigenvalue weighted by Gasteiger charge is 2.20. The summed E-state index contributed by atoms with van der Waals surface area (Å²) in [6, 6.07) is 5.00. The Kier molecular flexibility index (Phi) is 5.63. The van der Waals surface area contributed by atoms with Crippen molar-refractivity contribution in [1.82, 2.24) is 5.32 Å². The first-order valence-electron chi connectivity index (χ1n) is 6.35. The molecule has 0 fully saturated rings. The lowest BCUT2D eigenvalue weighted by molar-refractivity contribution is 0.0914. The maximum atomic E-state index is 12.3. The highest BCUT2D eigenvalue weighted by Crippen LogP contribution is 2.24. The fraction of sp³-hybridized carbons (Fsp3) is 0.500. The maximum absolute atomic E-state index is 12.3. The van der Waals surface area contributed by atoms with E-state index in [4.69, 9.17) is 15.6 Å². The van der Waals surface area contributed by atoms with Crippen LogP contribution < -0.4 is 15.8 Å². The average molecular weight is 266 g/mol. The van der Waals surface area contributed by atoms with Gasteiger partial charge in [0.1, 0.15) is 11.3 Å². The van der Waals surface area contributed by atoms with Crippen LogP contribution in [0.4, 0.5) is 5.69 Å². The van der Waals surface area contributed by atoms with Crippen LogP contribution in [-0.2, 0) is 0 Å². The fourth-order valence-corrected chi connectivity index (χ4v) is 1.91. The van der Waals surface area contributed by atoms with E-state index in [2.05, 4.69) is 5.32 Å². The summed E-state index contributed by atoms with van der Waals surface area (Å²) in [4.78, 5) is 12.3. The Morgan fingerprint density at radius 1 is 1.47 bits per heavy atom. The number of hydrogen-bond donors (Lipinski definition) is 3. The quantitative estimate of drug-likeness (QED) is 0.680. The molecule has 1 rings (SSSR count). The van der Waals surface area contributed by atoms with Gasteiger partial charge in [0.15, 0.2) is 0 Å². The summed E-state index contributed by atoms with van der Waals surface area (Å²) in [7, 11) is 1.50. The molecule has 4 N–H and O–H groups in total. The Morgan fingerprint density at radius 3 is 2.68 bits per heavy atom. The van der Waals surface area contributed by atoms with Gasteiger partial charge in [-0.15, -0.1) is 0 Å². The molecule has 19 heavy (non-hydrogen) atoms. The molecule has 0 radical (unpaired) electrons. The number of nitrogen functional groups attached to an aromatic ring is 1. The summed E-state index contributed by atoms with van der Waals surface area (Å²) in [5, 5.41) is 11.9. The molecule has 106 valence electrons. The molecule has 0 aliphatic heterocycles. The number of ether oxygens (including phenoxy) is 1. The van der Waals surface area contributed by atoms with Crippen LogP contribution in [0.15, 0.2) is 18.2 Å². The van der Waals surface area contributed by atoms with Gasteiger partial charge in [0.05, 0.1) is 7.11 Å². The lowest BCUT2D eigenvalue weighted by Gasteiger charge is -2.22. The van der Waals surface area contributed by atoms with Gasteiger partial charge in [-0.05, 0) is 24.5 Å². The molecular weight excluding hydrogens is 244 g/mol. The zero-order chi connectivity index (χ0) is 14.4. The monoisotopic (exact) mass is 266 g/mol. The first-order chi connectivity index (χ1) is 9.01. The molecule has 5 nitrogen and oxygen atoms in total. The number of amides is 1. The van der Waals surface area contributed by atoms with E-state index in [1.54, 1.807) is 18.2 Å². The molecule has 0 aliphatic carbocycles. The first kappa shape index (κ1) is 15.3. The number of carbonyl (C=O) groups is 1. The minimum Gasteiger partial charge on any atom is -0.496 e. The molecule has 0 heterocycles. The molecule has 1 amide bonds. The van der Waals surface area contributed by atoms with Crippen molar-refractivity contribution in [3.63, 3.8) is 0 Å². The van der Waals surface area contributed by atoms with E-state index in [1.807, 2.05) is 13.8 Å². The van der Waals surface area contributed by atoms with E-state index < -0.39 is 0 Å². The summed E-state index contributed by atoms with van der Waals surface area (Å²) in [6.45, 7) is 4.02. The maximum Gasteiger partial charge on any atom is 0.257 e. The van der Waals surface area contributed by atoms with Gasteiger partial charge in [0, 0.05) is 18.3 Å². The van der Waals surface area contributed by atoms with Crippen molar-refractivity contribution in [2.24, 2.45) is 5.92 Å². The third-order valence-corrected chi connectivity index (χ3v) is 3.07. The predicted octanol–water partition coefficient (Wildman–Crippen LogP) is 1.41. The zero-order valence-corrected chi connectivity index (χ0v) is 11.6. The average Bonchev–Trinajstić information content (AvgIpc) is 2.37. The summed E-state index contributed by atoms with van der Waals surface area (Å²) in [6.07, 6.45) is 0.512. The van der Waals surface area contributed by atoms with Gasteiger partial charge in [0.2, 0.25) is 0 Å². The number of benzene rings is 1. The molecule has 1 aromatic carbocycles. The van der Waals surface area contributed by atoms with E-state index in [9.17, 15) is 4.79 Å². The summed E-state index contributed by atoms with van der Waals surface area (Å²) < 4.78 is 5.16. The molecule has 1 atom stereocenters. The van der Waals surface area contributed by atoms with Crippen molar-refractivity contribution < 1.29 is 14.6 Å². The van der Waals surface area contributed by atoms with Crippen LogP contribution in [0.1, 0.15) is 30.6 Å². The topological polar surface area (TPSA) is 84.6 Å². The Morgan fingerprint density at radius 2 is 2.16 bits per heavy atom. The van der Waals surface area contributed by atoms with Gasteiger partial charge in [-0.25, -0.2) is 0 Å². The lowest BCUT2D eigenvalue weighted by Crippen LogP contribution is -2.39. The van der Waals surface area contributed by atoms with Gasteiger partial charge < -0.3 is 20.9 Å². The minimum atomic E-state index is -0.276. The second kappa shape index (κ2) is 6.99. The van der Waals surface area contributed by atoms with Crippen LogP contribution in [0.5, 0.6) is 5.75 Å². The number of anilines is 1. The van der Waals surface area contributed by atoms with E-state index in [0.717, 1.165) is 0 Å². The van der Waals surface area contributed by atoms with Crippen LogP contribution in [0.25, 0.3) is 0 Å². The van der Waals surface area contributed by atoms with Crippen LogP contribution in [0, 0.1) is 5.92 Å². The Hall–Kier alpha value is -1.75. The summed E-state index contributed by atoms with van der Waals surface area (Å²) in [5.74, 6) is 0.401. The van der Waals surface area contributed by atoms with Crippen molar-refractivity contribution in [2.45, 2.75) is 26.3 Å². The van der Waals surface area contributed by atoms with Crippen LogP contribution in [0.2, 0.25) is 0 Å². The number of carbonyl (C=O) groups excluding carboxylic acids is 1. The van der Waals surface area contributed by atoms with Gasteiger partial charge >= 0.3 is 0 Å². The fourth-order valence-electron chi connectivity index (χ4n) is 1.91. The van der Waals surface area contributed by atoms with E-state index in [0.29, 0.717) is 23.4 Å². The third-order valence-electron chi connectivity index (χ3n) is 3.07. The van der Waals surface area contributed by atoms with Crippen LogP contribution >= 0.6 is 0 Å². The molecule has 1 aromatic rings. The van der Waals surface area contributed by atoms with E-state index in [-0.39, 0.29) is 24.5 Å². The number of nitrogens with two attached hydrogens (primary N) is 1. The molecule has 0 aromatic heterocycles. The number of methoxy groups -OCH3 is 1. The number of hydrogen-bond acceptors (Lipinski definition) is 4. The first-order valence-corrected chi connectivity index (χ1v) is 6.35. The molecule has 0 aliphatic rings. The second-order valence-corrected chi connectivity index (χ2v) is 4.76. The molecule has 0 saturated carbocycles. The van der Waals surface area contributed by atoms with Gasteiger partial charge in [-0.2, -0.15) is 0 Å². The summed E-state index contributed by atoms with van der Waals surface area (Å²) >= 11 is 0. The van der Waals surface area contributed by atoms with Crippen LogP contribution in [-0.4, -0.2) is 30.8 Å². The highest BCUT2D eigenvalue weighted by atomic mass is 16.5. The van der Waals surface area contributed by atoms with Crippen LogP contribution in [0.3, 0.4) is 0 Å². The molecule has 0 bridgehead atoms. The second-order valence-electron chi connectivity index (χ2n) is 4.76. The molecular formula is C14H22N2O3. The van der Waals surface area contributed by atoms with E-state index >= 15 is 0 Å². The Labute approximate surface area is 113 Å². The normalized spacial score (nSPS) is 12.3. The number of rotatable bonds is 6. The SMILES string of the molecule is COc1cccc(N)c1C(=O)NC(CCO)C(C)C. The van der Waals surface area contributed by atoms with Crippen molar-refractivity contribution in [2.75, 3.05) is 19.5 Å². The van der Waals surface area contributed by atoms with Crippen molar-refractivity contribution in [3.05, 3.63) is 23.8 Å².